The van der Waals surface area contributed by atoms with Gasteiger partial charge in [0.05, 0.1) is 25.5 Å². The fraction of sp³-hybridized carbons (Fsp3) is 0.273. The van der Waals surface area contributed by atoms with Gasteiger partial charge < -0.3 is 24.1 Å². The standard InChI is InChI=1S/C22H23N3O4/c1-27-17-9-7-16(8-10-17)20-13-25-12-19(28-14-21(25)24-20)11-23-22(26)15-29-18-5-3-2-4-6-18/h2-10,13,19H,11-12,14-15H2,1H3,(H,23,26)/t19-/m0/s1. The summed E-state index contributed by atoms with van der Waals surface area (Å²) in [7, 11) is 1.65. The topological polar surface area (TPSA) is 74.6 Å². The van der Waals surface area contributed by atoms with Crippen LogP contribution in [0.3, 0.4) is 0 Å². The number of ether oxygens (including phenoxy) is 3. The predicted octanol–water partition coefficient (Wildman–Crippen LogP) is 2.65. The van der Waals surface area contributed by atoms with Crippen LogP contribution < -0.4 is 14.8 Å². The van der Waals surface area contributed by atoms with E-state index in [2.05, 4.69) is 14.9 Å². The fourth-order valence-electron chi connectivity index (χ4n) is 3.16. The maximum atomic E-state index is 12.0. The second-order valence-corrected chi connectivity index (χ2v) is 6.76. The van der Waals surface area contributed by atoms with E-state index in [1.807, 2.05) is 60.8 Å². The van der Waals surface area contributed by atoms with Crippen molar-refractivity contribution >= 4 is 5.91 Å². The zero-order valence-electron chi connectivity index (χ0n) is 16.2. The Morgan fingerprint density at radius 1 is 1.17 bits per heavy atom. The number of rotatable bonds is 7. The highest BCUT2D eigenvalue weighted by Gasteiger charge is 2.22. The molecule has 1 N–H and O–H groups in total. The van der Waals surface area contributed by atoms with Crippen LogP contribution in [0, 0.1) is 0 Å². The maximum absolute atomic E-state index is 12.0. The molecular formula is C22H23N3O4. The minimum absolute atomic E-state index is 0.0192. The van der Waals surface area contributed by atoms with Gasteiger partial charge in [-0.05, 0) is 36.4 Å². The molecule has 3 aromatic rings. The van der Waals surface area contributed by atoms with Crippen molar-refractivity contribution in [3.05, 3.63) is 66.6 Å². The Kier molecular flexibility index (Phi) is 5.76. The molecule has 7 heteroatoms. The van der Waals surface area contributed by atoms with E-state index in [9.17, 15) is 4.79 Å². The van der Waals surface area contributed by atoms with Crippen molar-refractivity contribution < 1.29 is 19.0 Å². The Morgan fingerprint density at radius 3 is 2.72 bits per heavy atom. The van der Waals surface area contributed by atoms with Gasteiger partial charge in [0.1, 0.15) is 23.9 Å². The molecule has 0 aliphatic carbocycles. The zero-order valence-corrected chi connectivity index (χ0v) is 16.2. The number of nitrogens with one attached hydrogen (secondary N) is 1. The van der Waals surface area contributed by atoms with Crippen molar-refractivity contribution in [1.29, 1.82) is 0 Å². The van der Waals surface area contributed by atoms with Crippen LogP contribution in [0.2, 0.25) is 0 Å². The lowest BCUT2D eigenvalue weighted by Crippen LogP contribution is -2.40. The molecule has 0 bridgehead atoms. The van der Waals surface area contributed by atoms with E-state index >= 15 is 0 Å². The van der Waals surface area contributed by atoms with Crippen LogP contribution in [0.15, 0.2) is 60.8 Å². The Bertz CT molecular complexity index is 954. The minimum atomic E-state index is -0.173. The molecular weight excluding hydrogens is 370 g/mol. The van der Waals surface area contributed by atoms with Crippen molar-refractivity contribution in [2.24, 2.45) is 0 Å². The van der Waals surface area contributed by atoms with Gasteiger partial charge in [-0.2, -0.15) is 0 Å². The van der Waals surface area contributed by atoms with Crippen LogP contribution in [0.4, 0.5) is 0 Å². The van der Waals surface area contributed by atoms with Gasteiger partial charge in [0.15, 0.2) is 6.61 Å². The molecule has 0 saturated heterocycles. The smallest absolute Gasteiger partial charge is 0.258 e. The number of benzene rings is 2. The van der Waals surface area contributed by atoms with Crippen molar-refractivity contribution in [1.82, 2.24) is 14.9 Å². The lowest BCUT2D eigenvalue weighted by Gasteiger charge is -2.24. The Balaban J connectivity index is 1.29. The Hall–Kier alpha value is -3.32. The number of aromatic nitrogens is 2. The highest BCUT2D eigenvalue weighted by Crippen LogP contribution is 2.24. The van der Waals surface area contributed by atoms with E-state index in [0.717, 1.165) is 22.8 Å². The summed E-state index contributed by atoms with van der Waals surface area (Å²) >= 11 is 0. The summed E-state index contributed by atoms with van der Waals surface area (Å²) in [6.45, 7) is 1.46. The van der Waals surface area contributed by atoms with Crippen molar-refractivity contribution in [2.45, 2.75) is 19.3 Å². The highest BCUT2D eigenvalue weighted by molar-refractivity contribution is 5.77. The summed E-state index contributed by atoms with van der Waals surface area (Å²) in [6, 6.07) is 17.1. The number of carbonyl (C=O) groups is 1. The molecule has 0 unspecified atom stereocenters. The second kappa shape index (κ2) is 8.79. The normalized spacial score (nSPS) is 15.4. The first-order valence-corrected chi connectivity index (χ1v) is 9.48. The van der Waals surface area contributed by atoms with Gasteiger partial charge in [0.25, 0.3) is 5.91 Å². The number of carbonyl (C=O) groups excluding carboxylic acids is 1. The molecule has 0 saturated carbocycles. The molecule has 29 heavy (non-hydrogen) atoms. The quantitative estimate of drug-likeness (QED) is 0.668. The highest BCUT2D eigenvalue weighted by atomic mass is 16.5. The van der Waals surface area contributed by atoms with E-state index in [4.69, 9.17) is 14.2 Å². The van der Waals surface area contributed by atoms with Gasteiger partial charge >= 0.3 is 0 Å². The molecule has 0 spiro atoms. The van der Waals surface area contributed by atoms with Crippen molar-refractivity contribution in [3.8, 4) is 22.8 Å². The zero-order chi connectivity index (χ0) is 20.1. The molecule has 150 valence electrons. The van der Waals surface area contributed by atoms with Gasteiger partial charge in [-0.1, -0.05) is 18.2 Å². The fourth-order valence-corrected chi connectivity index (χ4v) is 3.16. The number of hydrogen-bond donors (Lipinski definition) is 1. The third-order valence-electron chi connectivity index (χ3n) is 4.73. The monoisotopic (exact) mass is 393 g/mol. The number of fused-ring (bicyclic) bond motifs is 1. The van der Waals surface area contributed by atoms with Gasteiger partial charge in [-0.3, -0.25) is 4.79 Å². The lowest BCUT2D eigenvalue weighted by atomic mass is 10.2. The number of hydrogen-bond acceptors (Lipinski definition) is 5. The second-order valence-electron chi connectivity index (χ2n) is 6.76. The molecule has 7 nitrogen and oxygen atoms in total. The maximum Gasteiger partial charge on any atom is 0.258 e. The summed E-state index contributed by atoms with van der Waals surface area (Å²) in [6.07, 6.45) is 1.91. The first-order chi connectivity index (χ1) is 14.2. The molecule has 4 rings (SSSR count). The SMILES string of the molecule is COc1ccc(-c2cn3c(n2)CO[C@@H](CNC(=O)COc2ccccc2)C3)cc1. The number of imidazole rings is 1. The number of methoxy groups -OCH3 is 1. The first kappa shape index (κ1) is 19.0. The largest absolute Gasteiger partial charge is 0.497 e. The first-order valence-electron chi connectivity index (χ1n) is 9.48. The van der Waals surface area contributed by atoms with Crippen LogP contribution in [0.25, 0.3) is 11.3 Å². The van der Waals surface area contributed by atoms with E-state index < -0.39 is 0 Å². The van der Waals surface area contributed by atoms with E-state index in [-0.39, 0.29) is 18.6 Å². The molecule has 2 heterocycles. The third kappa shape index (κ3) is 4.75. The predicted molar refractivity (Wildman–Crippen MR) is 108 cm³/mol. The van der Waals surface area contributed by atoms with Crippen molar-refractivity contribution in [3.63, 3.8) is 0 Å². The minimum Gasteiger partial charge on any atom is -0.497 e. The van der Waals surface area contributed by atoms with Gasteiger partial charge in [-0.15, -0.1) is 0 Å². The van der Waals surface area contributed by atoms with Gasteiger partial charge in [0, 0.05) is 18.3 Å². The number of nitrogens with zero attached hydrogens (tertiary/aromatic N) is 2. The molecule has 1 aliphatic heterocycles. The van der Waals surface area contributed by atoms with Gasteiger partial charge in [-0.25, -0.2) is 4.98 Å². The third-order valence-corrected chi connectivity index (χ3v) is 4.73. The summed E-state index contributed by atoms with van der Waals surface area (Å²) in [4.78, 5) is 16.7. The summed E-state index contributed by atoms with van der Waals surface area (Å²) in [5, 5.41) is 2.87. The Labute approximate surface area is 169 Å². The molecule has 0 fully saturated rings. The van der Waals surface area contributed by atoms with Crippen LogP contribution in [-0.4, -0.2) is 41.8 Å². The van der Waals surface area contributed by atoms with Crippen LogP contribution in [-0.2, 0) is 22.7 Å². The molecule has 1 atom stereocenters. The van der Waals surface area contributed by atoms with Crippen molar-refractivity contribution in [2.75, 3.05) is 20.3 Å². The summed E-state index contributed by atoms with van der Waals surface area (Å²) < 4.78 is 18.6. The molecule has 1 aromatic heterocycles. The van der Waals surface area contributed by atoms with E-state index in [0.29, 0.717) is 25.4 Å². The van der Waals surface area contributed by atoms with E-state index in [1.165, 1.54) is 0 Å². The summed E-state index contributed by atoms with van der Waals surface area (Å²) in [5.74, 6) is 2.19. The Morgan fingerprint density at radius 2 is 1.97 bits per heavy atom. The van der Waals surface area contributed by atoms with Crippen LogP contribution >= 0.6 is 0 Å². The number of para-hydroxylation sites is 1. The lowest BCUT2D eigenvalue weighted by molar-refractivity contribution is -0.124. The van der Waals surface area contributed by atoms with Crippen LogP contribution in [0.5, 0.6) is 11.5 Å². The average molecular weight is 393 g/mol. The number of amides is 1. The molecule has 1 amide bonds. The molecule has 1 aliphatic rings. The molecule has 2 aromatic carbocycles. The molecule has 0 radical (unpaired) electrons. The van der Waals surface area contributed by atoms with Crippen LogP contribution in [0.1, 0.15) is 5.82 Å². The average Bonchev–Trinajstić information content (AvgIpc) is 3.20. The summed E-state index contributed by atoms with van der Waals surface area (Å²) in [5.41, 5.74) is 1.92. The van der Waals surface area contributed by atoms with E-state index in [1.54, 1.807) is 7.11 Å². The van der Waals surface area contributed by atoms with Gasteiger partial charge in [0.2, 0.25) is 0 Å².